The number of hydrogen-bond donors (Lipinski definition) is 3. The van der Waals surface area contributed by atoms with Gasteiger partial charge in [-0.3, -0.25) is 14.3 Å². The van der Waals surface area contributed by atoms with Crippen molar-refractivity contribution in [1.29, 1.82) is 0 Å². The Morgan fingerprint density at radius 3 is 2.73 bits per heavy atom. The Bertz CT molecular complexity index is 1800. The van der Waals surface area contributed by atoms with Crippen LogP contribution in [0.5, 0.6) is 0 Å². The van der Waals surface area contributed by atoms with Gasteiger partial charge in [0.15, 0.2) is 5.82 Å². The summed E-state index contributed by atoms with van der Waals surface area (Å²) in [5.74, 6) is -0.880. The second-order valence-corrected chi connectivity index (χ2v) is 10.6. The number of nitrogens with zero attached hydrogens (tertiary/aromatic N) is 5. The van der Waals surface area contributed by atoms with Gasteiger partial charge in [-0.15, -0.1) is 11.3 Å². The fourth-order valence-electron chi connectivity index (χ4n) is 4.99. The fourth-order valence-corrected chi connectivity index (χ4v) is 6.01. The number of carbonyl (C=O) groups is 2. The van der Waals surface area contributed by atoms with E-state index in [2.05, 4.69) is 20.3 Å². The van der Waals surface area contributed by atoms with Crippen molar-refractivity contribution < 1.29 is 19.1 Å². The van der Waals surface area contributed by atoms with Crippen LogP contribution < -0.4 is 11.1 Å². The maximum Gasteiger partial charge on any atom is 0.303 e. The summed E-state index contributed by atoms with van der Waals surface area (Å²) in [6, 6.07) is 14.0. The number of anilines is 2. The second-order valence-electron chi connectivity index (χ2n) is 9.74. The number of thiazole rings is 1. The van der Waals surface area contributed by atoms with E-state index in [4.69, 9.17) is 15.9 Å². The monoisotopic (exact) mass is 557 g/mol. The molecule has 4 heterocycles. The Morgan fingerprint density at radius 1 is 1.15 bits per heavy atom. The molecule has 10 nitrogen and oxygen atoms in total. The smallest absolute Gasteiger partial charge is 0.303 e. The third kappa shape index (κ3) is 4.26. The number of rotatable bonds is 8. The molecule has 0 aliphatic carbocycles. The average molecular weight is 558 g/mol. The molecular weight excluding hydrogens is 533 g/mol. The molecule has 12 heteroatoms. The molecule has 4 N–H and O–H groups in total. The maximum absolute atomic E-state index is 14.4. The molecule has 5 aromatic rings. The number of nitrogens with two attached hydrogens (primary N) is 1. The zero-order chi connectivity index (χ0) is 28.0. The molecule has 1 unspecified atom stereocenters. The van der Waals surface area contributed by atoms with Crippen LogP contribution >= 0.6 is 11.3 Å². The first-order chi connectivity index (χ1) is 19.3. The van der Waals surface area contributed by atoms with Crippen molar-refractivity contribution >= 4 is 45.8 Å². The maximum atomic E-state index is 14.4. The number of aliphatic carboxylic acids is 1. The molecule has 1 aliphatic rings. The molecule has 0 spiro atoms. The lowest BCUT2D eigenvalue weighted by Gasteiger charge is -2.20. The summed E-state index contributed by atoms with van der Waals surface area (Å²) >= 11 is 1.31. The number of para-hydroxylation sites is 1. The van der Waals surface area contributed by atoms with E-state index < -0.39 is 11.4 Å². The summed E-state index contributed by atoms with van der Waals surface area (Å²) < 4.78 is 16.1. The molecule has 3 aromatic heterocycles. The topological polar surface area (TPSA) is 149 Å². The highest BCUT2D eigenvalue weighted by Gasteiger charge is 2.49. The Hall–Kier alpha value is -4.71. The van der Waals surface area contributed by atoms with E-state index >= 15 is 0 Å². The number of carboxylic acids is 1. The summed E-state index contributed by atoms with van der Waals surface area (Å²) in [6.45, 7) is 1.94. The Balaban J connectivity index is 1.38. The molecule has 1 atom stereocenters. The van der Waals surface area contributed by atoms with Crippen LogP contribution in [0.25, 0.3) is 22.4 Å². The normalized spacial score (nSPS) is 16.3. The summed E-state index contributed by atoms with van der Waals surface area (Å²) in [5, 5.41) is 19.6. The highest BCUT2D eigenvalue weighted by atomic mass is 32.1. The van der Waals surface area contributed by atoms with Gasteiger partial charge in [0.2, 0.25) is 5.91 Å². The number of benzene rings is 2. The first kappa shape index (κ1) is 25.6. The Kier molecular flexibility index (Phi) is 6.26. The molecule has 0 fully saturated rings. The van der Waals surface area contributed by atoms with Crippen LogP contribution in [0.1, 0.15) is 41.6 Å². The van der Waals surface area contributed by atoms with Gasteiger partial charge in [-0.05, 0) is 31.9 Å². The van der Waals surface area contributed by atoms with Crippen molar-refractivity contribution in [3.05, 3.63) is 81.6 Å². The highest BCUT2D eigenvalue weighted by Crippen LogP contribution is 2.46. The molecule has 0 bridgehead atoms. The number of amides is 1. The largest absolute Gasteiger partial charge is 0.481 e. The molecular formula is C28H24FN7O3S. The molecule has 6 rings (SSSR count). The van der Waals surface area contributed by atoms with Crippen molar-refractivity contribution in [2.24, 2.45) is 0 Å². The molecule has 202 valence electrons. The lowest BCUT2D eigenvalue weighted by molar-refractivity contribution is -0.137. The number of aryl methyl sites for hydroxylation is 1. The summed E-state index contributed by atoms with van der Waals surface area (Å²) in [4.78, 5) is 38.0. The lowest BCUT2D eigenvalue weighted by Crippen LogP contribution is -2.33. The van der Waals surface area contributed by atoms with Gasteiger partial charge in [0.05, 0.1) is 23.3 Å². The first-order valence-corrected chi connectivity index (χ1v) is 13.5. The SMILES string of the molecule is CC1(c2nc(CCCC(=O)O)cs2)C(=O)Nc2nc(-c3nn(Cc4ccccc4F)c4ccccc34)nc(N)c21. The van der Waals surface area contributed by atoms with Crippen LogP contribution in [0.2, 0.25) is 0 Å². The molecule has 40 heavy (non-hydrogen) atoms. The van der Waals surface area contributed by atoms with Gasteiger partial charge >= 0.3 is 5.97 Å². The average Bonchev–Trinajstić information content (AvgIpc) is 3.61. The zero-order valence-corrected chi connectivity index (χ0v) is 22.2. The third-order valence-electron chi connectivity index (χ3n) is 7.07. The Labute approximate surface area is 231 Å². The minimum atomic E-state index is -1.21. The van der Waals surface area contributed by atoms with E-state index in [9.17, 15) is 14.0 Å². The van der Waals surface area contributed by atoms with Crippen molar-refractivity contribution in [1.82, 2.24) is 24.7 Å². The number of nitrogens with one attached hydrogen (secondary N) is 1. The van der Waals surface area contributed by atoms with Gasteiger partial charge in [-0.2, -0.15) is 5.10 Å². The summed E-state index contributed by atoms with van der Waals surface area (Å²) in [6.07, 6.45) is 0.979. The number of halogens is 1. The highest BCUT2D eigenvalue weighted by molar-refractivity contribution is 7.10. The number of hydrogen-bond acceptors (Lipinski definition) is 8. The number of nitrogen functional groups attached to an aromatic ring is 1. The number of carboxylic acid groups (broad SMARTS) is 1. The van der Waals surface area contributed by atoms with Gasteiger partial charge in [-0.25, -0.2) is 19.3 Å². The first-order valence-electron chi connectivity index (χ1n) is 12.6. The fraction of sp³-hybridized carbons (Fsp3) is 0.214. The molecule has 0 saturated heterocycles. The van der Waals surface area contributed by atoms with Gasteiger partial charge < -0.3 is 16.2 Å². The third-order valence-corrected chi connectivity index (χ3v) is 8.19. The second kappa shape index (κ2) is 9.79. The lowest BCUT2D eigenvalue weighted by atomic mass is 9.85. The molecule has 1 aliphatic heterocycles. The molecule has 0 saturated carbocycles. The van der Waals surface area contributed by atoms with E-state index in [-0.39, 0.29) is 42.2 Å². The van der Waals surface area contributed by atoms with Gasteiger partial charge in [0, 0.05) is 22.8 Å². The van der Waals surface area contributed by atoms with Crippen LogP contribution in [0.4, 0.5) is 16.0 Å². The van der Waals surface area contributed by atoms with Gasteiger partial charge in [0.1, 0.15) is 33.6 Å². The zero-order valence-electron chi connectivity index (χ0n) is 21.4. The van der Waals surface area contributed by atoms with Crippen LogP contribution in [0, 0.1) is 5.82 Å². The molecule has 2 aromatic carbocycles. The minimum Gasteiger partial charge on any atom is -0.481 e. The summed E-state index contributed by atoms with van der Waals surface area (Å²) in [5.41, 5.74) is 8.15. The van der Waals surface area contributed by atoms with E-state index in [0.29, 0.717) is 40.4 Å². The number of carbonyl (C=O) groups excluding carboxylic acids is 1. The van der Waals surface area contributed by atoms with Crippen LogP contribution in [0.3, 0.4) is 0 Å². The quantitative estimate of drug-likeness (QED) is 0.254. The predicted octanol–water partition coefficient (Wildman–Crippen LogP) is 4.38. The van der Waals surface area contributed by atoms with Crippen LogP contribution in [-0.2, 0) is 28.0 Å². The van der Waals surface area contributed by atoms with Gasteiger partial charge in [-0.1, -0.05) is 36.4 Å². The van der Waals surface area contributed by atoms with Crippen LogP contribution in [-0.4, -0.2) is 41.7 Å². The standard InChI is InChI=1S/C28H24FN7O3S/c1-28(27-31-16(14-40-27)8-6-12-20(37)38)21-23(30)32-25(33-24(21)34-26(28)39)22-17-9-3-5-11-19(17)36(35-22)13-15-7-2-4-10-18(15)29/h2-5,7,9-11,14H,6,8,12-13H2,1H3,(H,37,38)(H3,30,32,33,34,39). The molecule has 0 radical (unpaired) electrons. The van der Waals surface area contributed by atoms with Crippen molar-refractivity contribution in [3.8, 4) is 11.5 Å². The summed E-state index contributed by atoms with van der Waals surface area (Å²) in [7, 11) is 0. The van der Waals surface area contributed by atoms with Crippen molar-refractivity contribution in [3.63, 3.8) is 0 Å². The molecule has 1 amide bonds. The number of fused-ring (bicyclic) bond motifs is 2. The van der Waals surface area contributed by atoms with E-state index in [0.717, 1.165) is 10.9 Å². The van der Waals surface area contributed by atoms with E-state index in [1.54, 1.807) is 29.8 Å². The van der Waals surface area contributed by atoms with E-state index in [1.165, 1.54) is 17.4 Å². The van der Waals surface area contributed by atoms with Crippen LogP contribution in [0.15, 0.2) is 53.9 Å². The minimum absolute atomic E-state index is 0.0434. The van der Waals surface area contributed by atoms with E-state index in [1.807, 2.05) is 29.6 Å². The van der Waals surface area contributed by atoms with Crippen molar-refractivity contribution in [2.45, 2.75) is 38.1 Å². The van der Waals surface area contributed by atoms with Gasteiger partial charge in [0.25, 0.3) is 0 Å². The predicted molar refractivity (Wildman–Crippen MR) is 148 cm³/mol. The number of aromatic nitrogens is 5. The van der Waals surface area contributed by atoms with Crippen molar-refractivity contribution in [2.75, 3.05) is 11.1 Å². The Morgan fingerprint density at radius 2 is 1.93 bits per heavy atom.